The molecule has 0 aromatic heterocycles. The summed E-state index contributed by atoms with van der Waals surface area (Å²) in [6.45, 7) is 3.98. The van der Waals surface area contributed by atoms with Gasteiger partial charge in [0.25, 0.3) is 0 Å². The molecule has 19 heavy (non-hydrogen) atoms. The molecule has 104 valence electrons. The number of nitrogens with zero attached hydrogens (tertiary/aromatic N) is 1. The lowest BCUT2D eigenvalue weighted by atomic mass is 9.96. The Morgan fingerprint density at radius 2 is 2.11 bits per heavy atom. The number of amides is 1. The number of carbonyl (C=O) groups is 1. The predicted octanol–water partition coefficient (Wildman–Crippen LogP) is 1.55. The average molecular weight is 282 g/mol. The van der Waals surface area contributed by atoms with Gasteiger partial charge in [0.05, 0.1) is 12.6 Å². The first-order valence-corrected chi connectivity index (χ1v) is 7.01. The first-order chi connectivity index (χ1) is 9.11. The average Bonchev–Trinajstić information content (AvgIpc) is 2.41. The van der Waals surface area contributed by atoms with Crippen LogP contribution in [0.3, 0.4) is 0 Å². The Morgan fingerprint density at radius 1 is 1.42 bits per heavy atom. The van der Waals surface area contributed by atoms with Crippen LogP contribution < -0.4 is 11.1 Å². The first kappa shape index (κ1) is 14.3. The van der Waals surface area contributed by atoms with Crippen molar-refractivity contribution in [3.05, 3.63) is 34.9 Å². The SMILES string of the molecule is CCC(N)C(c1ccc(Cl)cc1)N1CCNC(=O)C1. The van der Waals surface area contributed by atoms with Crippen LogP contribution >= 0.6 is 11.6 Å². The lowest BCUT2D eigenvalue weighted by Gasteiger charge is -2.37. The van der Waals surface area contributed by atoms with Crippen LogP contribution in [0.15, 0.2) is 24.3 Å². The fourth-order valence-corrected chi connectivity index (χ4v) is 2.63. The maximum Gasteiger partial charge on any atom is 0.234 e. The fraction of sp³-hybridized carbons (Fsp3) is 0.500. The van der Waals surface area contributed by atoms with Crippen LogP contribution in [0.1, 0.15) is 24.9 Å². The highest BCUT2D eigenvalue weighted by Gasteiger charge is 2.29. The van der Waals surface area contributed by atoms with Gasteiger partial charge in [0.1, 0.15) is 0 Å². The minimum absolute atomic E-state index is 0.00655. The number of nitrogens with two attached hydrogens (primary N) is 1. The van der Waals surface area contributed by atoms with Crippen LogP contribution in [-0.2, 0) is 4.79 Å². The smallest absolute Gasteiger partial charge is 0.234 e. The van der Waals surface area contributed by atoms with Gasteiger partial charge in [0.2, 0.25) is 5.91 Å². The zero-order valence-corrected chi connectivity index (χ0v) is 11.9. The van der Waals surface area contributed by atoms with Gasteiger partial charge in [-0.25, -0.2) is 0 Å². The molecular formula is C14H20ClN3O. The van der Waals surface area contributed by atoms with Crippen molar-refractivity contribution in [1.29, 1.82) is 0 Å². The van der Waals surface area contributed by atoms with Crippen molar-refractivity contribution in [3.63, 3.8) is 0 Å². The number of hydrogen-bond donors (Lipinski definition) is 2. The van der Waals surface area contributed by atoms with E-state index >= 15 is 0 Å². The summed E-state index contributed by atoms with van der Waals surface area (Å²) in [6, 6.07) is 7.80. The van der Waals surface area contributed by atoms with Crippen LogP contribution in [0, 0.1) is 0 Å². The Labute approximate surface area is 118 Å². The number of hydrogen-bond acceptors (Lipinski definition) is 3. The summed E-state index contributed by atoms with van der Waals surface area (Å²) in [5.41, 5.74) is 7.38. The van der Waals surface area contributed by atoms with Gasteiger partial charge in [-0.1, -0.05) is 30.7 Å². The van der Waals surface area contributed by atoms with Gasteiger partial charge in [-0.2, -0.15) is 0 Å². The van der Waals surface area contributed by atoms with Crippen LogP contribution in [0.5, 0.6) is 0 Å². The third-order valence-electron chi connectivity index (χ3n) is 3.55. The normalized spacial score (nSPS) is 19.8. The largest absolute Gasteiger partial charge is 0.354 e. The Kier molecular flexibility index (Phi) is 4.80. The molecule has 0 spiro atoms. The molecule has 4 nitrogen and oxygen atoms in total. The van der Waals surface area contributed by atoms with E-state index in [1.165, 1.54) is 0 Å². The molecule has 1 fully saturated rings. The molecular weight excluding hydrogens is 262 g/mol. The number of piperazine rings is 1. The minimum Gasteiger partial charge on any atom is -0.354 e. The Bertz CT molecular complexity index is 435. The van der Waals surface area contributed by atoms with Crippen molar-refractivity contribution in [2.24, 2.45) is 5.73 Å². The Morgan fingerprint density at radius 3 is 2.68 bits per heavy atom. The summed E-state index contributed by atoms with van der Waals surface area (Å²) < 4.78 is 0. The molecule has 1 aromatic rings. The van der Waals surface area contributed by atoms with Gasteiger partial charge in [-0.05, 0) is 24.1 Å². The van der Waals surface area contributed by atoms with Crippen molar-refractivity contribution in [2.45, 2.75) is 25.4 Å². The van der Waals surface area contributed by atoms with Gasteiger partial charge in [0, 0.05) is 24.2 Å². The van der Waals surface area contributed by atoms with Crippen LogP contribution in [0.4, 0.5) is 0 Å². The third kappa shape index (κ3) is 3.47. The summed E-state index contributed by atoms with van der Waals surface area (Å²) in [7, 11) is 0. The number of rotatable bonds is 4. The number of carbonyl (C=O) groups excluding carboxylic acids is 1. The van der Waals surface area contributed by atoms with Crippen LogP contribution in [-0.4, -0.2) is 36.5 Å². The van der Waals surface area contributed by atoms with E-state index in [0.717, 1.165) is 18.5 Å². The fourth-order valence-electron chi connectivity index (χ4n) is 2.51. The van der Waals surface area contributed by atoms with Gasteiger partial charge in [-0.15, -0.1) is 0 Å². The van der Waals surface area contributed by atoms with E-state index in [9.17, 15) is 4.79 Å². The highest BCUT2D eigenvalue weighted by Crippen LogP contribution is 2.26. The zero-order valence-electron chi connectivity index (χ0n) is 11.1. The van der Waals surface area contributed by atoms with Gasteiger partial charge < -0.3 is 11.1 Å². The molecule has 1 amide bonds. The summed E-state index contributed by atoms with van der Waals surface area (Å²) in [4.78, 5) is 13.7. The van der Waals surface area contributed by atoms with Crippen molar-refractivity contribution >= 4 is 17.5 Å². The second-order valence-electron chi connectivity index (χ2n) is 4.89. The van der Waals surface area contributed by atoms with E-state index in [4.69, 9.17) is 17.3 Å². The molecule has 1 heterocycles. The third-order valence-corrected chi connectivity index (χ3v) is 3.80. The number of nitrogens with one attached hydrogen (secondary N) is 1. The standard InChI is InChI=1S/C14H20ClN3O/c1-2-12(16)14(10-3-5-11(15)6-4-10)18-8-7-17-13(19)9-18/h3-6,12,14H,2,7-9,16H2,1H3,(H,17,19). The lowest BCUT2D eigenvalue weighted by molar-refractivity contribution is -0.125. The summed E-state index contributed by atoms with van der Waals surface area (Å²) in [6.07, 6.45) is 0.866. The van der Waals surface area contributed by atoms with E-state index in [1.54, 1.807) is 0 Å². The van der Waals surface area contributed by atoms with E-state index in [1.807, 2.05) is 24.3 Å². The lowest BCUT2D eigenvalue weighted by Crippen LogP contribution is -2.52. The highest BCUT2D eigenvalue weighted by molar-refractivity contribution is 6.30. The Hall–Kier alpha value is -1.10. The molecule has 0 bridgehead atoms. The molecule has 2 unspecified atom stereocenters. The molecule has 2 atom stereocenters. The van der Waals surface area contributed by atoms with E-state index < -0.39 is 0 Å². The Balaban J connectivity index is 2.24. The van der Waals surface area contributed by atoms with Crippen molar-refractivity contribution in [3.8, 4) is 0 Å². The quantitative estimate of drug-likeness (QED) is 0.880. The molecule has 3 N–H and O–H groups in total. The molecule has 5 heteroatoms. The predicted molar refractivity (Wildman–Crippen MR) is 77.0 cm³/mol. The number of benzene rings is 1. The summed E-state index contributed by atoms with van der Waals surface area (Å²) in [5, 5.41) is 3.55. The second-order valence-corrected chi connectivity index (χ2v) is 5.33. The van der Waals surface area contributed by atoms with Crippen LogP contribution in [0.2, 0.25) is 5.02 Å². The minimum atomic E-state index is 0.00655. The zero-order chi connectivity index (χ0) is 13.8. The topological polar surface area (TPSA) is 58.4 Å². The molecule has 1 aromatic carbocycles. The summed E-state index contributed by atoms with van der Waals surface area (Å²) >= 11 is 5.93. The first-order valence-electron chi connectivity index (χ1n) is 6.63. The van der Waals surface area contributed by atoms with E-state index in [0.29, 0.717) is 18.1 Å². The van der Waals surface area contributed by atoms with E-state index in [-0.39, 0.29) is 18.0 Å². The second kappa shape index (κ2) is 6.37. The van der Waals surface area contributed by atoms with Crippen molar-refractivity contribution in [1.82, 2.24) is 10.2 Å². The molecule has 2 rings (SSSR count). The van der Waals surface area contributed by atoms with Gasteiger partial charge >= 0.3 is 0 Å². The van der Waals surface area contributed by atoms with Gasteiger partial charge in [0.15, 0.2) is 0 Å². The van der Waals surface area contributed by atoms with Crippen molar-refractivity contribution in [2.75, 3.05) is 19.6 Å². The molecule has 1 aliphatic rings. The maximum absolute atomic E-state index is 11.6. The van der Waals surface area contributed by atoms with Crippen LogP contribution in [0.25, 0.3) is 0 Å². The molecule has 0 aliphatic carbocycles. The molecule has 0 saturated carbocycles. The molecule has 0 radical (unpaired) electrons. The van der Waals surface area contributed by atoms with Crippen molar-refractivity contribution < 1.29 is 4.79 Å². The molecule has 1 saturated heterocycles. The highest BCUT2D eigenvalue weighted by atomic mass is 35.5. The van der Waals surface area contributed by atoms with E-state index in [2.05, 4.69) is 17.1 Å². The monoisotopic (exact) mass is 281 g/mol. The maximum atomic E-state index is 11.6. The summed E-state index contributed by atoms with van der Waals surface area (Å²) in [5.74, 6) is 0.0634. The number of halogens is 1. The molecule has 1 aliphatic heterocycles. The van der Waals surface area contributed by atoms with Gasteiger partial charge in [-0.3, -0.25) is 9.69 Å².